The van der Waals surface area contributed by atoms with Crippen LogP contribution in [0, 0.1) is 0 Å². The third-order valence-corrected chi connectivity index (χ3v) is 5.04. The van der Waals surface area contributed by atoms with E-state index in [2.05, 4.69) is 43.5 Å². The first-order valence-corrected chi connectivity index (χ1v) is 8.67. The van der Waals surface area contributed by atoms with E-state index in [1.165, 1.54) is 4.88 Å². The molecule has 2 heterocycles. The van der Waals surface area contributed by atoms with Crippen LogP contribution in [0.1, 0.15) is 16.1 Å². The predicted molar refractivity (Wildman–Crippen MR) is 92.2 cm³/mol. The number of carbonyl (C=O) groups excluding carboxylic acids is 1. The average molecular weight is 381 g/mol. The van der Waals surface area contributed by atoms with Crippen LogP contribution in [0.2, 0.25) is 0 Å². The standard InChI is InChI=1S/C15H17BrN4OS/c1-20-7-6-12-13(9-20)22-15(18-12)19-14(21)17-8-10-2-4-11(16)5-3-10/h2-5H,6-9H2,1H3,(H2,17,18,19,21). The highest BCUT2D eigenvalue weighted by Gasteiger charge is 2.18. The molecule has 0 atom stereocenters. The first kappa shape index (κ1) is 15.5. The molecule has 116 valence electrons. The summed E-state index contributed by atoms with van der Waals surface area (Å²) in [5, 5.41) is 6.35. The summed E-state index contributed by atoms with van der Waals surface area (Å²) in [6.45, 7) is 2.42. The number of nitrogens with one attached hydrogen (secondary N) is 2. The van der Waals surface area contributed by atoms with E-state index in [-0.39, 0.29) is 6.03 Å². The summed E-state index contributed by atoms with van der Waals surface area (Å²) in [4.78, 5) is 20.0. The second-order valence-corrected chi connectivity index (χ2v) is 7.31. The largest absolute Gasteiger partial charge is 0.334 e. The van der Waals surface area contributed by atoms with Crippen LogP contribution in [-0.2, 0) is 19.5 Å². The van der Waals surface area contributed by atoms with Crippen LogP contribution < -0.4 is 10.6 Å². The summed E-state index contributed by atoms with van der Waals surface area (Å²) in [5.74, 6) is 0. The highest BCUT2D eigenvalue weighted by Crippen LogP contribution is 2.27. The fourth-order valence-electron chi connectivity index (χ4n) is 2.30. The minimum Gasteiger partial charge on any atom is -0.334 e. The summed E-state index contributed by atoms with van der Waals surface area (Å²) >= 11 is 4.95. The van der Waals surface area contributed by atoms with Crippen molar-refractivity contribution >= 4 is 38.4 Å². The van der Waals surface area contributed by atoms with Gasteiger partial charge in [0.05, 0.1) is 5.69 Å². The number of thiazole rings is 1. The average Bonchev–Trinajstić information content (AvgIpc) is 2.88. The topological polar surface area (TPSA) is 57.3 Å². The van der Waals surface area contributed by atoms with Gasteiger partial charge in [0.2, 0.25) is 0 Å². The number of fused-ring (bicyclic) bond motifs is 1. The fourth-order valence-corrected chi connectivity index (χ4v) is 3.65. The van der Waals surface area contributed by atoms with Crippen molar-refractivity contribution in [2.45, 2.75) is 19.5 Å². The maximum atomic E-state index is 12.0. The molecule has 1 aromatic heterocycles. The first-order valence-electron chi connectivity index (χ1n) is 7.06. The zero-order chi connectivity index (χ0) is 15.5. The lowest BCUT2D eigenvalue weighted by molar-refractivity contribution is 0.251. The van der Waals surface area contributed by atoms with Gasteiger partial charge in [0, 0.05) is 35.4 Å². The van der Waals surface area contributed by atoms with E-state index in [1.807, 2.05) is 24.3 Å². The Bertz CT molecular complexity index is 671. The van der Waals surface area contributed by atoms with Crippen LogP contribution in [0.25, 0.3) is 0 Å². The van der Waals surface area contributed by atoms with Crippen molar-refractivity contribution in [2.24, 2.45) is 0 Å². The quantitative estimate of drug-likeness (QED) is 0.859. The SMILES string of the molecule is CN1CCc2nc(NC(=O)NCc3ccc(Br)cc3)sc2C1. The van der Waals surface area contributed by atoms with Gasteiger partial charge in [0.15, 0.2) is 5.13 Å². The van der Waals surface area contributed by atoms with Gasteiger partial charge in [-0.1, -0.05) is 28.1 Å². The maximum Gasteiger partial charge on any atom is 0.321 e. The molecule has 3 rings (SSSR count). The lowest BCUT2D eigenvalue weighted by Gasteiger charge is -2.20. The van der Waals surface area contributed by atoms with Crippen molar-refractivity contribution in [1.82, 2.24) is 15.2 Å². The second kappa shape index (κ2) is 6.76. The summed E-state index contributed by atoms with van der Waals surface area (Å²) in [7, 11) is 2.10. The van der Waals surface area contributed by atoms with Crippen LogP contribution in [0.5, 0.6) is 0 Å². The first-order chi connectivity index (χ1) is 10.6. The molecule has 1 aliphatic heterocycles. The van der Waals surface area contributed by atoms with Gasteiger partial charge in [-0.05, 0) is 24.7 Å². The Hall–Kier alpha value is -1.44. The number of carbonyl (C=O) groups is 1. The van der Waals surface area contributed by atoms with Crippen LogP contribution in [-0.4, -0.2) is 29.5 Å². The number of aromatic nitrogens is 1. The molecule has 2 amide bonds. The van der Waals surface area contributed by atoms with Crippen molar-refractivity contribution < 1.29 is 4.79 Å². The molecule has 7 heteroatoms. The van der Waals surface area contributed by atoms with Crippen molar-refractivity contribution in [3.8, 4) is 0 Å². The zero-order valence-corrected chi connectivity index (χ0v) is 14.6. The van der Waals surface area contributed by atoms with Crippen molar-refractivity contribution in [3.05, 3.63) is 44.9 Å². The summed E-state index contributed by atoms with van der Waals surface area (Å²) in [6.07, 6.45) is 0.949. The summed E-state index contributed by atoms with van der Waals surface area (Å²) in [5.41, 5.74) is 2.17. The minimum absolute atomic E-state index is 0.220. The van der Waals surface area contributed by atoms with Crippen LogP contribution in [0.3, 0.4) is 0 Å². The molecule has 0 bridgehead atoms. The number of hydrogen-bond donors (Lipinski definition) is 2. The van der Waals surface area contributed by atoms with E-state index in [4.69, 9.17) is 0 Å². The van der Waals surface area contributed by atoms with Gasteiger partial charge in [0.25, 0.3) is 0 Å². The molecule has 0 saturated heterocycles. The van der Waals surface area contributed by atoms with Gasteiger partial charge in [0.1, 0.15) is 0 Å². The number of hydrogen-bond acceptors (Lipinski definition) is 4. The van der Waals surface area contributed by atoms with Crippen LogP contribution in [0.15, 0.2) is 28.7 Å². The Balaban J connectivity index is 1.54. The van der Waals surface area contributed by atoms with Gasteiger partial charge in [-0.15, -0.1) is 11.3 Å². The number of halogens is 1. The molecule has 1 aromatic carbocycles. The second-order valence-electron chi connectivity index (χ2n) is 5.31. The molecule has 0 aliphatic carbocycles. The molecule has 5 nitrogen and oxygen atoms in total. The number of benzene rings is 1. The third kappa shape index (κ3) is 3.85. The van der Waals surface area contributed by atoms with E-state index in [1.54, 1.807) is 11.3 Å². The number of nitrogens with zero attached hydrogens (tertiary/aromatic N) is 2. The minimum atomic E-state index is -0.220. The number of likely N-dealkylation sites (N-methyl/N-ethyl adjacent to an activating group) is 1. The van der Waals surface area contributed by atoms with Crippen molar-refractivity contribution in [3.63, 3.8) is 0 Å². The van der Waals surface area contributed by atoms with Gasteiger partial charge >= 0.3 is 6.03 Å². The third-order valence-electron chi connectivity index (χ3n) is 3.51. The van der Waals surface area contributed by atoms with Crippen molar-refractivity contribution in [2.75, 3.05) is 18.9 Å². The molecule has 0 fully saturated rings. The monoisotopic (exact) mass is 380 g/mol. The normalized spacial score (nSPS) is 14.5. The Morgan fingerprint density at radius 2 is 2.18 bits per heavy atom. The molecule has 0 radical (unpaired) electrons. The van der Waals surface area contributed by atoms with Gasteiger partial charge in [-0.2, -0.15) is 0 Å². The van der Waals surface area contributed by atoms with Crippen LogP contribution >= 0.6 is 27.3 Å². The van der Waals surface area contributed by atoms with E-state index in [0.29, 0.717) is 11.7 Å². The molecule has 22 heavy (non-hydrogen) atoms. The number of urea groups is 1. The lowest BCUT2D eigenvalue weighted by atomic mass is 10.2. The van der Waals surface area contributed by atoms with E-state index < -0.39 is 0 Å². The van der Waals surface area contributed by atoms with E-state index in [0.717, 1.165) is 35.2 Å². The van der Waals surface area contributed by atoms with Gasteiger partial charge < -0.3 is 10.2 Å². The van der Waals surface area contributed by atoms with E-state index >= 15 is 0 Å². The van der Waals surface area contributed by atoms with Gasteiger partial charge in [-0.25, -0.2) is 9.78 Å². The van der Waals surface area contributed by atoms with E-state index in [9.17, 15) is 4.79 Å². The molecule has 0 saturated carbocycles. The molecule has 0 unspecified atom stereocenters. The summed E-state index contributed by atoms with van der Waals surface area (Å²) in [6, 6.07) is 7.65. The highest BCUT2D eigenvalue weighted by molar-refractivity contribution is 9.10. The van der Waals surface area contributed by atoms with Gasteiger partial charge in [-0.3, -0.25) is 5.32 Å². The Morgan fingerprint density at radius 1 is 1.41 bits per heavy atom. The number of rotatable bonds is 3. The molecule has 1 aliphatic rings. The number of amides is 2. The Kier molecular flexibility index (Phi) is 4.75. The molecular formula is C15H17BrN4OS. The molecule has 0 spiro atoms. The molecule has 2 aromatic rings. The highest BCUT2D eigenvalue weighted by atomic mass is 79.9. The lowest BCUT2D eigenvalue weighted by Crippen LogP contribution is -2.28. The Morgan fingerprint density at radius 3 is 2.95 bits per heavy atom. The molecule has 2 N–H and O–H groups in total. The maximum absolute atomic E-state index is 12.0. The fraction of sp³-hybridized carbons (Fsp3) is 0.333. The molecular weight excluding hydrogens is 364 g/mol. The smallest absolute Gasteiger partial charge is 0.321 e. The zero-order valence-electron chi connectivity index (χ0n) is 12.2. The van der Waals surface area contributed by atoms with Crippen LogP contribution in [0.4, 0.5) is 9.93 Å². The number of anilines is 1. The summed E-state index contributed by atoms with van der Waals surface area (Å²) < 4.78 is 1.03. The van der Waals surface area contributed by atoms with Crippen molar-refractivity contribution in [1.29, 1.82) is 0 Å². The Labute approximate surface area is 141 Å². The predicted octanol–water partition coefficient (Wildman–Crippen LogP) is 3.22.